The molecule has 0 unspecified atom stereocenters. The van der Waals surface area contributed by atoms with Gasteiger partial charge >= 0.3 is 0 Å². The lowest BCUT2D eigenvalue weighted by molar-refractivity contribution is -0.116. The van der Waals surface area contributed by atoms with Gasteiger partial charge in [0.2, 0.25) is 5.91 Å². The molecule has 2 rings (SSSR count). The van der Waals surface area contributed by atoms with Gasteiger partial charge in [0, 0.05) is 23.9 Å². The van der Waals surface area contributed by atoms with E-state index < -0.39 is 0 Å². The van der Waals surface area contributed by atoms with E-state index in [1.54, 1.807) is 13.2 Å². The number of hydrogen-bond acceptors (Lipinski definition) is 3. The van der Waals surface area contributed by atoms with Crippen molar-refractivity contribution >= 4 is 33.2 Å². The fourth-order valence-corrected chi connectivity index (χ4v) is 2.38. The Bertz CT molecular complexity index is 644. The van der Waals surface area contributed by atoms with Crippen molar-refractivity contribution in [1.82, 2.24) is 0 Å². The SMILES string of the molecule is COc1cc(NC(=O)CCc2ccccc2N)ccc1Br. The highest BCUT2D eigenvalue weighted by atomic mass is 79.9. The summed E-state index contributed by atoms with van der Waals surface area (Å²) in [4.78, 5) is 12.0. The maximum Gasteiger partial charge on any atom is 0.224 e. The van der Waals surface area contributed by atoms with Gasteiger partial charge in [-0.1, -0.05) is 18.2 Å². The Balaban J connectivity index is 1.94. The van der Waals surface area contributed by atoms with Crippen LogP contribution in [-0.2, 0) is 11.2 Å². The number of amides is 1. The van der Waals surface area contributed by atoms with Crippen LogP contribution in [-0.4, -0.2) is 13.0 Å². The molecule has 2 aromatic rings. The monoisotopic (exact) mass is 348 g/mol. The van der Waals surface area contributed by atoms with E-state index >= 15 is 0 Å². The molecule has 0 fully saturated rings. The van der Waals surface area contributed by atoms with E-state index in [9.17, 15) is 4.79 Å². The van der Waals surface area contributed by atoms with Gasteiger partial charge in [-0.05, 0) is 46.1 Å². The minimum atomic E-state index is -0.0531. The molecule has 0 radical (unpaired) electrons. The number of carbonyl (C=O) groups excluding carboxylic acids is 1. The molecule has 1 amide bonds. The first-order valence-corrected chi connectivity index (χ1v) is 7.36. The van der Waals surface area contributed by atoms with Crippen LogP contribution in [0.2, 0.25) is 0 Å². The van der Waals surface area contributed by atoms with Crippen LogP contribution in [0.5, 0.6) is 5.75 Å². The van der Waals surface area contributed by atoms with Crippen molar-refractivity contribution in [3.8, 4) is 5.75 Å². The third-order valence-corrected chi connectivity index (χ3v) is 3.77. The molecule has 0 atom stereocenters. The zero-order valence-electron chi connectivity index (χ0n) is 11.7. The van der Waals surface area contributed by atoms with Gasteiger partial charge in [-0.2, -0.15) is 0 Å². The van der Waals surface area contributed by atoms with Crippen LogP contribution >= 0.6 is 15.9 Å². The Morgan fingerprint density at radius 1 is 1.29 bits per heavy atom. The molecule has 3 N–H and O–H groups in total. The first-order chi connectivity index (χ1) is 10.1. The Morgan fingerprint density at radius 3 is 2.76 bits per heavy atom. The summed E-state index contributed by atoms with van der Waals surface area (Å²) in [5, 5.41) is 2.85. The number of halogens is 1. The molecule has 21 heavy (non-hydrogen) atoms. The molecule has 5 heteroatoms. The summed E-state index contributed by atoms with van der Waals surface area (Å²) < 4.78 is 6.04. The summed E-state index contributed by atoms with van der Waals surface area (Å²) in [7, 11) is 1.59. The summed E-state index contributed by atoms with van der Waals surface area (Å²) in [5.41, 5.74) is 8.27. The van der Waals surface area contributed by atoms with Crippen LogP contribution < -0.4 is 15.8 Å². The van der Waals surface area contributed by atoms with Crippen molar-refractivity contribution in [2.24, 2.45) is 0 Å². The topological polar surface area (TPSA) is 64.3 Å². The van der Waals surface area contributed by atoms with Crippen LogP contribution in [0.25, 0.3) is 0 Å². The number of methoxy groups -OCH3 is 1. The fraction of sp³-hybridized carbons (Fsp3) is 0.188. The largest absolute Gasteiger partial charge is 0.495 e. The molecule has 0 saturated heterocycles. The van der Waals surface area contributed by atoms with Crippen molar-refractivity contribution in [3.05, 3.63) is 52.5 Å². The van der Waals surface area contributed by atoms with E-state index in [1.807, 2.05) is 36.4 Å². The van der Waals surface area contributed by atoms with E-state index in [-0.39, 0.29) is 5.91 Å². The second-order valence-corrected chi connectivity index (χ2v) is 5.45. The van der Waals surface area contributed by atoms with Crippen LogP contribution in [0, 0.1) is 0 Å². The van der Waals surface area contributed by atoms with Crippen LogP contribution in [0.15, 0.2) is 46.9 Å². The number of nitrogens with one attached hydrogen (secondary N) is 1. The Hall–Kier alpha value is -2.01. The van der Waals surface area contributed by atoms with Gasteiger partial charge in [0.1, 0.15) is 5.75 Å². The Kier molecular flexibility index (Phi) is 5.22. The van der Waals surface area contributed by atoms with Crippen molar-refractivity contribution in [2.75, 3.05) is 18.2 Å². The quantitative estimate of drug-likeness (QED) is 0.811. The highest BCUT2D eigenvalue weighted by Crippen LogP contribution is 2.27. The second kappa shape index (κ2) is 7.13. The molecule has 110 valence electrons. The number of ether oxygens (including phenoxy) is 1. The maximum absolute atomic E-state index is 12.0. The molecule has 0 aliphatic rings. The number of nitrogens with two attached hydrogens (primary N) is 1. The van der Waals surface area contributed by atoms with Crippen LogP contribution in [0.3, 0.4) is 0 Å². The van der Waals surface area contributed by atoms with Crippen molar-refractivity contribution in [3.63, 3.8) is 0 Å². The number of nitrogen functional groups attached to an aromatic ring is 1. The minimum Gasteiger partial charge on any atom is -0.495 e. The highest BCUT2D eigenvalue weighted by molar-refractivity contribution is 9.10. The summed E-state index contributed by atoms with van der Waals surface area (Å²) in [6.07, 6.45) is 0.999. The number of benzene rings is 2. The van der Waals surface area contributed by atoms with Crippen molar-refractivity contribution in [2.45, 2.75) is 12.8 Å². The lowest BCUT2D eigenvalue weighted by Crippen LogP contribution is -2.12. The molecule has 2 aromatic carbocycles. The molecule has 0 heterocycles. The first-order valence-electron chi connectivity index (χ1n) is 6.57. The maximum atomic E-state index is 12.0. The van der Waals surface area contributed by atoms with E-state index in [0.29, 0.717) is 24.3 Å². The zero-order chi connectivity index (χ0) is 15.2. The predicted molar refractivity (Wildman–Crippen MR) is 88.5 cm³/mol. The van der Waals surface area contributed by atoms with Crippen LogP contribution in [0.4, 0.5) is 11.4 Å². The molecule has 0 aromatic heterocycles. The molecule has 0 spiro atoms. The van der Waals surface area contributed by atoms with Gasteiger partial charge < -0.3 is 15.8 Å². The molecule has 0 aliphatic carbocycles. The van der Waals surface area contributed by atoms with Gasteiger partial charge in [0.25, 0.3) is 0 Å². The lowest BCUT2D eigenvalue weighted by atomic mass is 10.1. The molecular weight excluding hydrogens is 332 g/mol. The summed E-state index contributed by atoms with van der Waals surface area (Å²) in [6, 6.07) is 13.0. The minimum absolute atomic E-state index is 0.0531. The van der Waals surface area contributed by atoms with E-state index in [0.717, 1.165) is 15.7 Å². The van der Waals surface area contributed by atoms with Crippen molar-refractivity contribution in [1.29, 1.82) is 0 Å². The van der Waals surface area contributed by atoms with E-state index in [1.165, 1.54) is 0 Å². The van der Waals surface area contributed by atoms with Gasteiger partial charge in [-0.25, -0.2) is 0 Å². The first kappa shape index (κ1) is 15.4. The standard InChI is InChI=1S/C16H17BrN2O2/c1-21-15-10-12(7-8-13(15)17)19-16(20)9-6-11-4-2-3-5-14(11)18/h2-5,7-8,10H,6,9,18H2,1H3,(H,19,20). The lowest BCUT2D eigenvalue weighted by Gasteiger charge is -2.09. The summed E-state index contributed by atoms with van der Waals surface area (Å²) in [6.45, 7) is 0. The van der Waals surface area contributed by atoms with Gasteiger partial charge in [-0.15, -0.1) is 0 Å². The number of anilines is 2. The molecular formula is C16H17BrN2O2. The normalized spacial score (nSPS) is 10.2. The summed E-state index contributed by atoms with van der Waals surface area (Å²) in [5.74, 6) is 0.628. The van der Waals surface area contributed by atoms with Crippen LogP contribution in [0.1, 0.15) is 12.0 Å². The molecule has 0 aliphatic heterocycles. The third kappa shape index (κ3) is 4.23. The molecule has 0 saturated carbocycles. The number of aryl methyl sites for hydroxylation is 1. The Morgan fingerprint density at radius 2 is 2.05 bits per heavy atom. The number of hydrogen-bond donors (Lipinski definition) is 2. The molecule has 4 nitrogen and oxygen atoms in total. The van der Waals surface area contributed by atoms with Gasteiger partial charge in [-0.3, -0.25) is 4.79 Å². The summed E-state index contributed by atoms with van der Waals surface area (Å²) >= 11 is 3.37. The fourth-order valence-electron chi connectivity index (χ4n) is 1.97. The smallest absolute Gasteiger partial charge is 0.224 e. The number of para-hydroxylation sites is 1. The highest BCUT2D eigenvalue weighted by Gasteiger charge is 2.07. The second-order valence-electron chi connectivity index (χ2n) is 4.60. The predicted octanol–water partition coefficient (Wildman–Crippen LogP) is 3.61. The van der Waals surface area contributed by atoms with E-state index in [4.69, 9.17) is 10.5 Å². The van der Waals surface area contributed by atoms with Gasteiger partial charge in [0.05, 0.1) is 11.6 Å². The Labute approximate surface area is 132 Å². The average molecular weight is 349 g/mol. The average Bonchev–Trinajstić information content (AvgIpc) is 2.48. The van der Waals surface area contributed by atoms with Crippen molar-refractivity contribution < 1.29 is 9.53 Å². The van der Waals surface area contributed by atoms with Gasteiger partial charge in [0.15, 0.2) is 0 Å². The zero-order valence-corrected chi connectivity index (χ0v) is 13.3. The molecule has 0 bridgehead atoms. The third-order valence-electron chi connectivity index (χ3n) is 3.11. The number of rotatable bonds is 5. The van der Waals surface area contributed by atoms with E-state index in [2.05, 4.69) is 21.2 Å². The number of carbonyl (C=O) groups is 1.